The molecule has 162 valence electrons. The van der Waals surface area contributed by atoms with Crippen molar-refractivity contribution in [2.75, 3.05) is 6.54 Å². The highest BCUT2D eigenvalue weighted by molar-refractivity contribution is 5.97. The average Bonchev–Trinajstić information content (AvgIpc) is 2.60. The van der Waals surface area contributed by atoms with Gasteiger partial charge in [-0.2, -0.15) is 0 Å². The van der Waals surface area contributed by atoms with E-state index < -0.39 is 12.2 Å². The fourth-order valence-electron chi connectivity index (χ4n) is 1.86. The van der Waals surface area contributed by atoms with Crippen molar-refractivity contribution in [3.05, 3.63) is 36.3 Å². The van der Waals surface area contributed by atoms with Gasteiger partial charge in [-0.05, 0) is 46.4 Å². The first-order valence-electron chi connectivity index (χ1n) is 9.21. The summed E-state index contributed by atoms with van der Waals surface area (Å²) in [6, 6.07) is -0.439. The van der Waals surface area contributed by atoms with Gasteiger partial charge in [-0.3, -0.25) is 4.79 Å². The van der Waals surface area contributed by atoms with Crippen LogP contribution in [-0.2, 0) is 4.79 Å². The number of aliphatic imine (C=N–C) groups is 2. The van der Waals surface area contributed by atoms with Crippen LogP contribution in [0.2, 0.25) is 0 Å². The van der Waals surface area contributed by atoms with E-state index in [-0.39, 0.29) is 30.1 Å². The molecule has 0 aliphatic carbocycles. The van der Waals surface area contributed by atoms with Gasteiger partial charge in [0.2, 0.25) is 5.91 Å². The van der Waals surface area contributed by atoms with Crippen LogP contribution >= 0.6 is 0 Å². The van der Waals surface area contributed by atoms with E-state index in [4.69, 9.17) is 11.5 Å². The Kier molecular flexibility index (Phi) is 19.4. The third-order valence-corrected chi connectivity index (χ3v) is 3.26. The fourth-order valence-corrected chi connectivity index (χ4v) is 1.86. The van der Waals surface area contributed by atoms with Crippen LogP contribution in [0.1, 0.15) is 54.4 Å². The molecule has 0 heterocycles. The molecule has 1 amide bonds. The minimum Gasteiger partial charge on any atom is -0.405 e. The summed E-state index contributed by atoms with van der Waals surface area (Å²) < 4.78 is 12.9. The van der Waals surface area contributed by atoms with Crippen molar-refractivity contribution in [3.63, 3.8) is 0 Å². The number of rotatable bonds is 9. The second-order valence-corrected chi connectivity index (χ2v) is 5.99. The number of nitrogens with zero attached hydrogens (tertiary/aromatic N) is 3. The molecular weight excluding hydrogens is 359 g/mol. The van der Waals surface area contributed by atoms with E-state index in [1.54, 1.807) is 24.8 Å². The molecule has 0 fully saturated rings. The molecule has 7 N–H and O–H groups in total. The molecule has 2 unspecified atom stereocenters. The lowest BCUT2D eigenvalue weighted by Gasteiger charge is -2.28. The number of hydrogen-bond donors (Lipinski definition) is 3. The molecule has 0 saturated carbocycles. The van der Waals surface area contributed by atoms with Gasteiger partial charge in [-0.25, -0.2) is 14.4 Å². The molecule has 0 bridgehead atoms. The first-order chi connectivity index (χ1) is 12.7. The summed E-state index contributed by atoms with van der Waals surface area (Å²) in [4.78, 5) is 22.1. The Balaban J connectivity index is -0.00000146. The minimum absolute atomic E-state index is 0. The Bertz CT molecular complexity index is 567. The Morgan fingerprint density at radius 3 is 2.25 bits per heavy atom. The number of allylic oxidation sites excluding steroid dienone is 2. The van der Waals surface area contributed by atoms with Crippen molar-refractivity contribution in [1.29, 1.82) is 0 Å². The van der Waals surface area contributed by atoms with Gasteiger partial charge in [-0.1, -0.05) is 32.9 Å². The van der Waals surface area contributed by atoms with E-state index in [0.29, 0.717) is 12.1 Å². The lowest BCUT2D eigenvalue weighted by Crippen LogP contribution is -2.46. The van der Waals surface area contributed by atoms with Gasteiger partial charge in [0.1, 0.15) is 17.8 Å². The number of amidine groups is 1. The lowest BCUT2D eigenvalue weighted by molar-refractivity contribution is -0.127. The van der Waals surface area contributed by atoms with Gasteiger partial charge in [0.25, 0.3) is 0 Å². The van der Waals surface area contributed by atoms with E-state index >= 15 is 0 Å². The minimum atomic E-state index is -0.990. The number of alkyl halides is 1. The van der Waals surface area contributed by atoms with E-state index in [1.165, 1.54) is 31.8 Å². The quantitative estimate of drug-likeness (QED) is 0.309. The number of halogens is 1. The van der Waals surface area contributed by atoms with Gasteiger partial charge in [0, 0.05) is 18.3 Å². The predicted octanol–water partition coefficient (Wildman–Crippen LogP) is 3.87. The highest BCUT2D eigenvalue weighted by atomic mass is 19.1. The van der Waals surface area contributed by atoms with Crippen LogP contribution in [0.25, 0.3) is 0 Å². The van der Waals surface area contributed by atoms with Crippen LogP contribution in [0.15, 0.2) is 46.3 Å². The normalized spacial score (nSPS) is 14.1. The highest BCUT2D eigenvalue weighted by Crippen LogP contribution is 2.10. The molecular formula is C20H39FN6O. The Morgan fingerprint density at radius 1 is 1.29 bits per heavy atom. The Labute approximate surface area is 169 Å². The number of hydrogen-bond acceptors (Lipinski definition) is 5. The predicted molar refractivity (Wildman–Crippen MR) is 119 cm³/mol. The molecule has 0 spiro atoms. The molecule has 7 nitrogen and oxygen atoms in total. The number of amides is 1. The van der Waals surface area contributed by atoms with E-state index in [9.17, 15) is 9.18 Å². The fraction of sp³-hybridized carbons (Fsp3) is 0.550. The number of nitrogens with two attached hydrogens (primary N) is 2. The molecule has 0 aromatic rings. The molecule has 0 saturated heterocycles. The molecule has 8 heteroatoms. The summed E-state index contributed by atoms with van der Waals surface area (Å²) >= 11 is 0. The Hall–Kier alpha value is -2.48. The first kappa shape index (κ1) is 30.3. The van der Waals surface area contributed by atoms with E-state index in [0.717, 1.165) is 0 Å². The molecule has 0 radical (unpaired) electrons. The van der Waals surface area contributed by atoms with Crippen LogP contribution in [0.5, 0.6) is 0 Å². The summed E-state index contributed by atoms with van der Waals surface area (Å²) in [5, 5.41) is 0. The molecule has 0 aromatic carbocycles. The smallest absolute Gasteiger partial charge is 0.249 e. The maximum atomic E-state index is 12.9. The number of carbonyl (C=O) groups excluding carboxylic acids is 1. The van der Waals surface area contributed by atoms with Gasteiger partial charge in [-0.15, -0.1) is 0 Å². The second kappa shape index (κ2) is 17.9. The Morgan fingerprint density at radius 2 is 1.82 bits per heavy atom. The van der Waals surface area contributed by atoms with Gasteiger partial charge in [0.05, 0.1) is 6.04 Å². The van der Waals surface area contributed by atoms with Crippen molar-refractivity contribution in [1.82, 2.24) is 11.1 Å². The first-order valence-corrected chi connectivity index (χ1v) is 9.21. The van der Waals surface area contributed by atoms with Crippen LogP contribution < -0.4 is 17.6 Å². The number of likely N-dealkylation sites (N-methyl/N-ethyl adjacent to an activating group) is 1. The molecule has 0 aliphatic rings. The maximum Gasteiger partial charge on any atom is 0.249 e. The van der Waals surface area contributed by atoms with Crippen LogP contribution in [0, 0.1) is 0 Å². The zero-order valence-corrected chi connectivity index (χ0v) is 18.3. The van der Waals surface area contributed by atoms with Crippen LogP contribution in [0.4, 0.5) is 4.39 Å². The van der Waals surface area contributed by atoms with Crippen molar-refractivity contribution in [2.24, 2.45) is 21.5 Å². The van der Waals surface area contributed by atoms with E-state index in [2.05, 4.69) is 30.4 Å². The number of carbonyl (C=O) groups is 1. The monoisotopic (exact) mass is 398 g/mol. The molecule has 0 rings (SSSR count). The van der Waals surface area contributed by atoms with Crippen LogP contribution in [0.3, 0.4) is 0 Å². The van der Waals surface area contributed by atoms with Gasteiger partial charge in [0.15, 0.2) is 0 Å². The summed E-state index contributed by atoms with van der Waals surface area (Å²) in [5.74, 6) is 0.221. The van der Waals surface area contributed by atoms with Gasteiger partial charge < -0.3 is 22.5 Å². The highest BCUT2D eigenvalue weighted by Gasteiger charge is 2.22. The zero-order chi connectivity index (χ0) is 21.4. The SMILES string of the molecule is C=C(/N=C\C=C/N)/N=C(/N)C(C)N(CC)C(=O)/C(C)=C/CC(C)F.CCC.N. The summed E-state index contributed by atoms with van der Waals surface area (Å²) in [6.07, 6.45) is 6.36. The van der Waals surface area contributed by atoms with Crippen molar-refractivity contribution in [2.45, 2.75) is 66.6 Å². The topological polar surface area (TPSA) is 132 Å². The average molecular weight is 399 g/mol. The van der Waals surface area contributed by atoms with Crippen molar-refractivity contribution < 1.29 is 9.18 Å². The van der Waals surface area contributed by atoms with Crippen molar-refractivity contribution in [3.8, 4) is 0 Å². The largest absolute Gasteiger partial charge is 0.405 e. The van der Waals surface area contributed by atoms with Crippen molar-refractivity contribution >= 4 is 18.0 Å². The maximum absolute atomic E-state index is 12.9. The summed E-state index contributed by atoms with van der Waals surface area (Å²) in [7, 11) is 0. The molecule has 2 atom stereocenters. The third-order valence-electron chi connectivity index (χ3n) is 3.26. The molecule has 0 aromatic heterocycles. The third kappa shape index (κ3) is 13.7. The van der Waals surface area contributed by atoms with Gasteiger partial charge >= 0.3 is 0 Å². The summed E-state index contributed by atoms with van der Waals surface area (Å²) in [5.41, 5.74) is 11.6. The van der Waals surface area contributed by atoms with Crippen LogP contribution in [-0.4, -0.2) is 41.6 Å². The summed E-state index contributed by atoms with van der Waals surface area (Å²) in [6.45, 7) is 15.1. The lowest BCUT2D eigenvalue weighted by atomic mass is 10.1. The van der Waals surface area contributed by atoms with E-state index in [1.807, 2.05) is 6.92 Å². The molecule has 0 aliphatic heterocycles. The molecule has 28 heavy (non-hydrogen) atoms. The standard InChI is InChI=1S/C17H28FN5O.C3H8.H3N/c1-6-23(17(24)12(2)8-9-13(3)18)14(4)16(20)22-15(5)21-11-7-10-19;1-3-2;/h7-8,10-11,13-14H,5-6,9,19H2,1-4H3,(H2,20,22);3H2,1-2H3;1H3/b10-7-,12-8+,21-11-;;. The zero-order valence-electron chi connectivity index (χ0n) is 18.3. The second-order valence-electron chi connectivity index (χ2n) is 5.99.